The molecule has 0 bridgehead atoms. The standard InChI is InChI=1S/C18H10ClFN4O/c19-16-17(23-15-4-2-1-3-14(15)22-16)24-18(25)12(10-21)9-11-5-7-13(20)8-6-11/h1-9H,(H,23,24,25). The van der Waals surface area contributed by atoms with Crippen LogP contribution in [-0.4, -0.2) is 15.9 Å². The van der Waals surface area contributed by atoms with Crippen molar-refractivity contribution >= 4 is 40.4 Å². The molecule has 0 aliphatic rings. The van der Waals surface area contributed by atoms with E-state index in [1.54, 1.807) is 30.3 Å². The zero-order valence-electron chi connectivity index (χ0n) is 12.7. The Balaban J connectivity index is 1.89. The molecular formula is C18H10ClFN4O. The summed E-state index contributed by atoms with van der Waals surface area (Å²) in [6.45, 7) is 0. The first-order valence-electron chi connectivity index (χ1n) is 7.18. The second kappa shape index (κ2) is 7.07. The average Bonchev–Trinajstić information content (AvgIpc) is 2.61. The molecule has 0 radical (unpaired) electrons. The molecule has 5 nitrogen and oxygen atoms in total. The van der Waals surface area contributed by atoms with Gasteiger partial charge >= 0.3 is 0 Å². The Bertz CT molecular complexity index is 1030. The highest BCUT2D eigenvalue weighted by molar-refractivity contribution is 6.32. The number of para-hydroxylation sites is 2. The fraction of sp³-hybridized carbons (Fsp3) is 0. The van der Waals surface area contributed by atoms with Gasteiger partial charge in [0.25, 0.3) is 5.91 Å². The second-order valence-electron chi connectivity index (χ2n) is 5.03. The lowest BCUT2D eigenvalue weighted by molar-refractivity contribution is -0.112. The van der Waals surface area contributed by atoms with Crippen LogP contribution in [0, 0.1) is 17.1 Å². The number of hydrogen-bond acceptors (Lipinski definition) is 4. The quantitative estimate of drug-likeness (QED) is 0.571. The number of carbonyl (C=O) groups is 1. The molecule has 0 saturated heterocycles. The number of nitriles is 1. The van der Waals surface area contributed by atoms with Crippen molar-refractivity contribution < 1.29 is 9.18 Å². The van der Waals surface area contributed by atoms with E-state index in [1.165, 1.54) is 30.3 Å². The highest BCUT2D eigenvalue weighted by Gasteiger charge is 2.14. The van der Waals surface area contributed by atoms with Gasteiger partial charge in [0.1, 0.15) is 17.5 Å². The molecular weight excluding hydrogens is 343 g/mol. The van der Waals surface area contributed by atoms with Crippen molar-refractivity contribution in [2.24, 2.45) is 0 Å². The zero-order valence-corrected chi connectivity index (χ0v) is 13.5. The summed E-state index contributed by atoms with van der Waals surface area (Å²) >= 11 is 6.04. The van der Waals surface area contributed by atoms with Crippen LogP contribution < -0.4 is 5.32 Å². The Morgan fingerprint density at radius 3 is 2.40 bits per heavy atom. The van der Waals surface area contributed by atoms with Crippen molar-refractivity contribution in [2.45, 2.75) is 0 Å². The summed E-state index contributed by atoms with van der Waals surface area (Å²) in [6, 6.07) is 14.3. The normalized spacial score (nSPS) is 11.2. The number of nitrogens with one attached hydrogen (secondary N) is 1. The van der Waals surface area contributed by atoms with Gasteiger partial charge in [0, 0.05) is 0 Å². The maximum atomic E-state index is 12.9. The van der Waals surface area contributed by atoms with Crippen LogP contribution in [0.4, 0.5) is 10.2 Å². The summed E-state index contributed by atoms with van der Waals surface area (Å²) < 4.78 is 12.9. The molecule has 1 aromatic heterocycles. The largest absolute Gasteiger partial charge is 0.303 e. The second-order valence-corrected chi connectivity index (χ2v) is 5.39. The third kappa shape index (κ3) is 3.79. The van der Waals surface area contributed by atoms with Crippen molar-refractivity contribution in [1.82, 2.24) is 9.97 Å². The minimum atomic E-state index is -0.682. The van der Waals surface area contributed by atoms with E-state index in [2.05, 4.69) is 15.3 Å². The monoisotopic (exact) mass is 352 g/mol. The molecule has 0 atom stereocenters. The van der Waals surface area contributed by atoms with Crippen LogP contribution >= 0.6 is 11.6 Å². The number of hydrogen-bond donors (Lipinski definition) is 1. The maximum Gasteiger partial charge on any atom is 0.267 e. The lowest BCUT2D eigenvalue weighted by atomic mass is 10.1. The molecule has 2 aromatic carbocycles. The third-order valence-corrected chi connectivity index (χ3v) is 3.57. The first-order chi connectivity index (χ1) is 12.1. The smallest absolute Gasteiger partial charge is 0.267 e. The minimum absolute atomic E-state index is 0.0196. The molecule has 3 aromatic rings. The van der Waals surface area contributed by atoms with E-state index in [0.29, 0.717) is 16.6 Å². The fourth-order valence-corrected chi connectivity index (χ4v) is 2.29. The number of aromatic nitrogens is 2. The Kier molecular flexibility index (Phi) is 4.68. The van der Waals surface area contributed by atoms with Crippen molar-refractivity contribution in [1.29, 1.82) is 5.26 Å². The van der Waals surface area contributed by atoms with Gasteiger partial charge in [0.05, 0.1) is 11.0 Å². The van der Waals surface area contributed by atoms with E-state index < -0.39 is 11.7 Å². The SMILES string of the molecule is N#CC(=Cc1ccc(F)cc1)C(=O)Nc1nc2ccccc2nc1Cl. The molecule has 1 N–H and O–H groups in total. The highest BCUT2D eigenvalue weighted by Crippen LogP contribution is 2.21. The Morgan fingerprint density at radius 1 is 1.12 bits per heavy atom. The van der Waals surface area contributed by atoms with Gasteiger partial charge in [-0.05, 0) is 35.9 Å². The topological polar surface area (TPSA) is 78.7 Å². The summed E-state index contributed by atoms with van der Waals surface area (Å²) in [7, 11) is 0. The molecule has 7 heteroatoms. The van der Waals surface area contributed by atoms with Gasteiger partial charge in [-0.3, -0.25) is 4.79 Å². The van der Waals surface area contributed by atoms with Crippen LogP contribution in [-0.2, 0) is 4.79 Å². The Hall–Kier alpha value is -3.30. The fourth-order valence-electron chi connectivity index (χ4n) is 2.11. The summed E-state index contributed by atoms with van der Waals surface area (Å²) in [5.41, 5.74) is 1.50. The molecule has 0 spiro atoms. The van der Waals surface area contributed by atoms with Gasteiger partial charge in [0.15, 0.2) is 11.0 Å². The van der Waals surface area contributed by atoms with E-state index in [-0.39, 0.29) is 16.5 Å². The van der Waals surface area contributed by atoms with Crippen LogP contribution in [0.2, 0.25) is 5.15 Å². The number of anilines is 1. The van der Waals surface area contributed by atoms with Crippen molar-refractivity contribution in [3.63, 3.8) is 0 Å². The number of fused-ring (bicyclic) bond motifs is 1. The van der Waals surface area contributed by atoms with Crippen LogP contribution in [0.1, 0.15) is 5.56 Å². The van der Waals surface area contributed by atoms with E-state index in [4.69, 9.17) is 11.6 Å². The van der Waals surface area contributed by atoms with E-state index in [9.17, 15) is 14.4 Å². The molecule has 122 valence electrons. The van der Waals surface area contributed by atoms with Gasteiger partial charge in [-0.15, -0.1) is 0 Å². The lowest BCUT2D eigenvalue weighted by Gasteiger charge is -2.06. The Labute approximate surface area is 147 Å². The first kappa shape index (κ1) is 16.6. The van der Waals surface area contributed by atoms with Crippen LogP contribution in [0.15, 0.2) is 54.1 Å². The maximum absolute atomic E-state index is 12.9. The number of amides is 1. The number of benzene rings is 2. The van der Waals surface area contributed by atoms with Gasteiger partial charge in [-0.25, -0.2) is 14.4 Å². The summed E-state index contributed by atoms with van der Waals surface area (Å²) in [6.07, 6.45) is 1.34. The molecule has 1 amide bonds. The average molecular weight is 353 g/mol. The van der Waals surface area contributed by atoms with E-state index >= 15 is 0 Å². The number of carbonyl (C=O) groups excluding carboxylic acids is 1. The molecule has 0 aliphatic carbocycles. The number of rotatable bonds is 3. The highest BCUT2D eigenvalue weighted by atomic mass is 35.5. The summed E-state index contributed by atoms with van der Waals surface area (Å²) in [5, 5.41) is 11.7. The van der Waals surface area contributed by atoms with Gasteiger partial charge in [-0.2, -0.15) is 5.26 Å². The molecule has 1 heterocycles. The van der Waals surface area contributed by atoms with E-state index in [0.717, 1.165) is 0 Å². The molecule has 0 saturated carbocycles. The molecule has 3 rings (SSSR count). The lowest BCUT2D eigenvalue weighted by Crippen LogP contribution is -2.15. The van der Waals surface area contributed by atoms with Gasteiger partial charge in [0.2, 0.25) is 0 Å². The summed E-state index contributed by atoms with van der Waals surface area (Å²) in [4.78, 5) is 20.7. The third-order valence-electron chi connectivity index (χ3n) is 3.31. The Morgan fingerprint density at radius 2 is 1.76 bits per heavy atom. The first-order valence-corrected chi connectivity index (χ1v) is 7.55. The van der Waals surface area contributed by atoms with E-state index in [1.807, 2.05) is 0 Å². The van der Waals surface area contributed by atoms with Crippen molar-refractivity contribution in [3.8, 4) is 6.07 Å². The van der Waals surface area contributed by atoms with Crippen molar-refractivity contribution in [2.75, 3.05) is 5.32 Å². The number of halogens is 2. The minimum Gasteiger partial charge on any atom is -0.303 e. The molecule has 25 heavy (non-hydrogen) atoms. The predicted molar refractivity (Wildman–Crippen MR) is 93.2 cm³/mol. The molecule has 0 unspecified atom stereocenters. The summed E-state index contributed by atoms with van der Waals surface area (Å²) in [5.74, 6) is -1.03. The zero-order chi connectivity index (χ0) is 17.8. The van der Waals surface area contributed by atoms with Crippen LogP contribution in [0.5, 0.6) is 0 Å². The van der Waals surface area contributed by atoms with Crippen molar-refractivity contribution in [3.05, 3.63) is 70.6 Å². The van der Waals surface area contributed by atoms with Gasteiger partial charge < -0.3 is 5.32 Å². The molecule has 0 fully saturated rings. The van der Waals surface area contributed by atoms with Crippen LogP contribution in [0.25, 0.3) is 17.1 Å². The molecule has 0 aliphatic heterocycles. The number of nitrogens with zero attached hydrogens (tertiary/aromatic N) is 3. The predicted octanol–water partition coefficient (Wildman–Crippen LogP) is 3.97. The van der Waals surface area contributed by atoms with Crippen LogP contribution in [0.3, 0.4) is 0 Å². The van der Waals surface area contributed by atoms with Gasteiger partial charge in [-0.1, -0.05) is 35.9 Å².